The molecule has 0 aromatic heterocycles. The van der Waals surface area contributed by atoms with Crippen molar-refractivity contribution in [1.82, 2.24) is 0 Å². The first-order chi connectivity index (χ1) is 30.3. The summed E-state index contributed by atoms with van der Waals surface area (Å²) in [6.45, 7) is -17.8. The number of hydrogen-bond acceptors (Lipinski definition) is 24. The lowest BCUT2D eigenvalue weighted by molar-refractivity contribution is 0.0636. The Hall–Kier alpha value is 0.630. The molecule has 0 saturated carbocycles. The van der Waals surface area contributed by atoms with E-state index in [2.05, 4.69) is 67.9 Å². The highest BCUT2D eigenvalue weighted by molar-refractivity contribution is 7.49. The lowest BCUT2D eigenvalue weighted by Gasteiger charge is -2.19. The Labute approximate surface area is 372 Å². The van der Waals surface area contributed by atoms with Crippen LogP contribution in [0.1, 0.15) is 0 Å². The van der Waals surface area contributed by atoms with E-state index in [9.17, 15) is 83.9 Å². The molecule has 0 fully saturated rings. The summed E-state index contributed by atoms with van der Waals surface area (Å²) in [6, 6.07) is 0. The highest BCUT2D eigenvalue weighted by Crippen LogP contribution is 2.50. The Morgan fingerprint density at radius 1 is 0.288 bits per heavy atom. The molecule has 10 atom stereocenters. The molecule has 0 spiro atoms. The van der Waals surface area contributed by atoms with Gasteiger partial charge in [-0.05, 0) is 0 Å². The molecule has 0 heterocycles. The molecule has 0 amide bonds. The zero-order valence-electron chi connectivity index (χ0n) is 33.7. The molecule has 0 aromatic carbocycles. The van der Waals surface area contributed by atoms with Crippen LogP contribution in [0.2, 0.25) is 0 Å². The van der Waals surface area contributed by atoms with Crippen molar-refractivity contribution in [1.29, 1.82) is 0 Å². The van der Waals surface area contributed by atoms with Crippen LogP contribution in [0.3, 0.4) is 0 Å². The molecule has 0 radical (unpaired) electrons. The minimum absolute atomic E-state index is 0.691. The van der Waals surface area contributed by atoms with E-state index >= 15 is 0 Å². The number of aliphatic hydroxyl groups excluding tert-OH is 1. The molecule has 10 N–H and O–H groups in total. The molecule has 44 heteroatoms. The molecule has 0 aliphatic rings. The average molecular weight is 1150 g/mol. The van der Waals surface area contributed by atoms with Gasteiger partial charge in [-0.3, -0.25) is 81.0 Å². The van der Waals surface area contributed by atoms with Crippen LogP contribution in [0.15, 0.2) is 0 Å². The van der Waals surface area contributed by atoms with Crippen LogP contribution in [0.4, 0.5) is 13.2 Å². The van der Waals surface area contributed by atoms with Gasteiger partial charge in [-0.1, -0.05) is 0 Å². The van der Waals surface area contributed by atoms with Crippen molar-refractivity contribution in [3.05, 3.63) is 0 Å². The van der Waals surface area contributed by atoms with Crippen LogP contribution in [-0.4, -0.2) is 175 Å². The van der Waals surface area contributed by atoms with Gasteiger partial charge in [0.25, 0.3) is 0 Å². The second-order valence-corrected chi connectivity index (χ2v) is 23.2. The average Bonchev–Trinajstić information content (AvgIpc) is 3.20. The Morgan fingerprint density at radius 3 is 0.621 bits per heavy atom. The molecule has 0 aromatic rings. The molecule has 10 unspecified atom stereocenters. The lowest BCUT2D eigenvalue weighted by atomic mass is 10.2. The van der Waals surface area contributed by atoms with Gasteiger partial charge in [-0.2, -0.15) is 0 Å². The summed E-state index contributed by atoms with van der Waals surface area (Å²) in [5.74, 6) is -3.98. The van der Waals surface area contributed by atoms with Crippen LogP contribution in [-0.2, 0) is 104 Å². The lowest BCUT2D eigenvalue weighted by Crippen LogP contribution is -2.18. The topological polar surface area (TPSA) is 477 Å². The quantitative estimate of drug-likeness (QED) is 0.0307. The van der Waals surface area contributed by atoms with E-state index in [1.54, 1.807) is 0 Å². The summed E-state index contributed by atoms with van der Waals surface area (Å²) in [5.41, 5.74) is 0. The van der Waals surface area contributed by atoms with Crippen molar-refractivity contribution < 1.29 is 167 Å². The van der Waals surface area contributed by atoms with E-state index in [1.807, 2.05) is 0 Å². The van der Waals surface area contributed by atoms with Crippen molar-refractivity contribution in [2.75, 3.05) is 126 Å². The molecule has 66 heavy (non-hydrogen) atoms. The van der Waals surface area contributed by atoms with E-state index in [-0.39, 0.29) is 0 Å². The molecule has 0 rings (SSSR count). The Bertz CT molecular complexity index is 1760. The van der Waals surface area contributed by atoms with Gasteiger partial charge in [0.15, 0.2) is 0 Å². The monoisotopic (exact) mass is 1150 g/mol. The third-order valence-electron chi connectivity index (χ3n) is 6.25. The molecule has 0 bridgehead atoms. The van der Waals surface area contributed by atoms with Gasteiger partial charge in [0.05, 0.1) is 126 Å². The Morgan fingerprint density at radius 2 is 0.455 bits per heavy atom. The normalized spacial score (nSPS) is 20.4. The van der Waals surface area contributed by atoms with Crippen molar-refractivity contribution in [3.8, 4) is 0 Å². The predicted molar refractivity (Wildman–Crippen MR) is 206 cm³/mol. The molecule has 398 valence electrons. The van der Waals surface area contributed by atoms with E-state index in [0.29, 0.717) is 0 Å². The molecular formula is C22H51F3O33P8. The highest BCUT2D eigenvalue weighted by atomic mass is 31.2. The SMILES string of the molecule is O=P(O)(O)OCC(CF)COP(=O)(O)OCCOP(=O)(O)OCCOP(=O)(O)OCCOP(=O)(O)OCCOP(=O)(O)OCC(CF)COP(=O)(O)OCCOP(=O)(O)OCC(CO)CF. The van der Waals surface area contributed by atoms with Crippen molar-refractivity contribution in [3.63, 3.8) is 0 Å². The maximum absolute atomic E-state index is 13.4. The van der Waals surface area contributed by atoms with Crippen molar-refractivity contribution in [2.45, 2.75) is 0 Å². The minimum atomic E-state index is -5.03. The fourth-order valence-corrected chi connectivity index (χ4v) is 8.78. The summed E-state index contributed by atoms with van der Waals surface area (Å²) in [5, 5.41) is 8.84. The van der Waals surface area contributed by atoms with Crippen LogP contribution < -0.4 is 0 Å². The smallest absolute Gasteiger partial charge is 0.396 e. The first-order valence-electron chi connectivity index (χ1n) is 17.6. The highest BCUT2D eigenvalue weighted by Gasteiger charge is 2.31. The summed E-state index contributed by atoms with van der Waals surface area (Å²) in [7, 11) is -39.5. The molecule has 0 aliphatic heterocycles. The van der Waals surface area contributed by atoms with Crippen LogP contribution in [0.25, 0.3) is 0 Å². The number of rotatable bonds is 44. The van der Waals surface area contributed by atoms with E-state index in [4.69, 9.17) is 14.9 Å². The third kappa shape index (κ3) is 37.4. The second kappa shape index (κ2) is 32.7. The number of alkyl halides is 3. The third-order valence-corrected chi connectivity index (χ3v) is 13.7. The predicted octanol–water partition coefficient (Wildman–Crippen LogP) is 1.78. The summed E-state index contributed by atoms with van der Waals surface area (Å²) in [4.78, 5) is 84.6. The van der Waals surface area contributed by atoms with Gasteiger partial charge in [0.2, 0.25) is 0 Å². The summed E-state index contributed by atoms with van der Waals surface area (Å²) in [6.07, 6.45) is 0. The van der Waals surface area contributed by atoms with Gasteiger partial charge < -0.3 is 49.1 Å². The largest absolute Gasteiger partial charge is 0.472 e. The standard InChI is InChI=1S/C22H51F3O33P8/c23-11-20(14-26)15-55-63(36,37)50-9-10-53-66(42,43)58-19-22(13-25)18-57-65(40,41)52-8-6-49-62(34,35)47-4-2-45-60(30,31)44-1-3-46-61(32,33)48-5-7-51-64(38,39)56-17-21(12-24)16-54-59(27,28)29/h20-22,26H,1-19H2,(H,30,31)(H,32,33)(H,34,35)(H,36,37)(H,38,39)(H,40,41)(H,42,43)(H2,27,28,29). The first kappa shape index (κ1) is 66.6. The van der Waals surface area contributed by atoms with Gasteiger partial charge in [-0.25, -0.2) is 36.5 Å². The number of hydrogen-bond donors (Lipinski definition) is 10. The van der Waals surface area contributed by atoms with Gasteiger partial charge in [0.1, 0.15) is 0 Å². The second-order valence-electron chi connectivity index (χ2n) is 11.8. The van der Waals surface area contributed by atoms with E-state index < -0.39 is 206 Å². The summed E-state index contributed by atoms with van der Waals surface area (Å²) < 4.78 is 199. The maximum atomic E-state index is 13.4. The maximum Gasteiger partial charge on any atom is 0.472 e. The van der Waals surface area contributed by atoms with Crippen molar-refractivity contribution >= 4 is 62.6 Å². The fourth-order valence-electron chi connectivity index (χ4n) is 3.21. The van der Waals surface area contributed by atoms with Crippen molar-refractivity contribution in [2.24, 2.45) is 17.8 Å². The number of phosphoric ester groups is 8. The molecule has 33 nitrogen and oxygen atoms in total. The minimum Gasteiger partial charge on any atom is -0.396 e. The van der Waals surface area contributed by atoms with E-state index in [1.165, 1.54) is 0 Å². The molecule has 0 aliphatic carbocycles. The number of aliphatic hydroxyl groups is 1. The van der Waals surface area contributed by atoms with Gasteiger partial charge in [0, 0.05) is 17.8 Å². The molecular weight excluding hydrogens is 1100 g/mol. The van der Waals surface area contributed by atoms with Crippen LogP contribution in [0.5, 0.6) is 0 Å². The zero-order chi connectivity index (χ0) is 50.8. The first-order valence-corrected chi connectivity index (χ1v) is 29.6. The zero-order valence-corrected chi connectivity index (χ0v) is 40.9. The van der Waals surface area contributed by atoms with Crippen LogP contribution in [0, 0.1) is 17.8 Å². The van der Waals surface area contributed by atoms with Gasteiger partial charge in [-0.15, -0.1) is 0 Å². The number of halogens is 3. The summed E-state index contributed by atoms with van der Waals surface area (Å²) >= 11 is 0. The van der Waals surface area contributed by atoms with Crippen LogP contribution >= 0.6 is 62.6 Å². The Kier molecular flexibility index (Phi) is 33.0. The van der Waals surface area contributed by atoms with E-state index in [0.717, 1.165) is 0 Å². The Balaban J connectivity index is 4.37. The number of phosphoric acid groups is 8. The van der Waals surface area contributed by atoms with Gasteiger partial charge >= 0.3 is 62.6 Å². The fraction of sp³-hybridized carbons (Fsp3) is 1.00. The molecule has 0 saturated heterocycles.